The molecule has 1 saturated heterocycles. The van der Waals surface area contributed by atoms with Gasteiger partial charge < -0.3 is 25.7 Å². The number of unbranched alkanes of at least 4 members (excludes halogenated alkanes) is 7. The maximum absolute atomic E-state index is 12.6. The van der Waals surface area contributed by atoms with Crippen molar-refractivity contribution >= 4 is 35.6 Å². The lowest BCUT2D eigenvalue weighted by Crippen LogP contribution is -2.52. The Hall–Kier alpha value is -3.14. The number of nitrogens with one attached hydrogen (secondary N) is 1. The second kappa shape index (κ2) is 25.8. The summed E-state index contributed by atoms with van der Waals surface area (Å²) < 4.78 is 0. The average molecular weight is 686 g/mol. The van der Waals surface area contributed by atoms with Crippen molar-refractivity contribution in [2.24, 2.45) is 0 Å². The van der Waals surface area contributed by atoms with E-state index in [1.165, 1.54) is 0 Å². The lowest BCUT2D eigenvalue weighted by atomic mass is 10.0. The van der Waals surface area contributed by atoms with Gasteiger partial charge in [0.1, 0.15) is 11.8 Å². The van der Waals surface area contributed by atoms with Gasteiger partial charge in [-0.2, -0.15) is 0 Å². The van der Waals surface area contributed by atoms with Gasteiger partial charge in [0.05, 0.1) is 19.6 Å². The van der Waals surface area contributed by atoms with Crippen molar-refractivity contribution in [2.75, 3.05) is 78.5 Å². The third kappa shape index (κ3) is 21.7. The number of carboxylic acids is 4. The first-order valence-corrected chi connectivity index (χ1v) is 17.5. The zero-order valence-corrected chi connectivity index (χ0v) is 28.8. The summed E-state index contributed by atoms with van der Waals surface area (Å²) in [5.41, 5.74) is 0. The van der Waals surface area contributed by atoms with Crippen molar-refractivity contribution in [3.63, 3.8) is 0 Å². The van der Waals surface area contributed by atoms with Crippen LogP contribution in [-0.4, -0.2) is 160 Å². The van der Waals surface area contributed by atoms with Gasteiger partial charge in [0.15, 0.2) is 0 Å². The van der Waals surface area contributed by atoms with Crippen molar-refractivity contribution in [3.8, 4) is 0 Å². The summed E-state index contributed by atoms with van der Waals surface area (Å²) >= 11 is 0. The van der Waals surface area contributed by atoms with Crippen molar-refractivity contribution in [3.05, 3.63) is 0 Å². The molecule has 0 saturated carbocycles. The second-order valence-electron chi connectivity index (χ2n) is 12.7. The molecular formula is C33H59N5O10. The summed E-state index contributed by atoms with van der Waals surface area (Å²) in [5.74, 6) is -4.19. The Morgan fingerprint density at radius 3 is 1.40 bits per heavy atom. The number of Topliss-reactive ketones (excluding diaryl/α,β-unsaturated/α-hetero) is 1. The van der Waals surface area contributed by atoms with Crippen LogP contribution in [0.25, 0.3) is 0 Å². The summed E-state index contributed by atoms with van der Waals surface area (Å²) in [6.07, 6.45) is 10.6. The van der Waals surface area contributed by atoms with E-state index in [1.54, 1.807) is 19.6 Å². The van der Waals surface area contributed by atoms with Crippen LogP contribution in [0, 0.1) is 0 Å². The van der Waals surface area contributed by atoms with Gasteiger partial charge in [-0.25, -0.2) is 0 Å². The van der Waals surface area contributed by atoms with Crippen LogP contribution in [0.3, 0.4) is 0 Å². The smallest absolute Gasteiger partial charge is 0.320 e. The molecule has 15 heteroatoms. The molecule has 0 spiro atoms. The normalized spacial score (nSPS) is 16.8. The lowest BCUT2D eigenvalue weighted by molar-refractivity contribution is -0.145. The van der Waals surface area contributed by atoms with Gasteiger partial charge in [-0.3, -0.25) is 48.4 Å². The number of carbonyl (C=O) groups is 6. The molecule has 1 aliphatic heterocycles. The Balaban J connectivity index is 2.63. The third-order valence-corrected chi connectivity index (χ3v) is 8.55. The number of hydrogen-bond donors (Lipinski definition) is 5. The van der Waals surface area contributed by atoms with Crippen molar-refractivity contribution < 1.29 is 49.2 Å². The van der Waals surface area contributed by atoms with Gasteiger partial charge in [-0.05, 0) is 25.7 Å². The molecule has 5 N–H and O–H groups in total. The van der Waals surface area contributed by atoms with Crippen LogP contribution in [0.15, 0.2) is 0 Å². The zero-order chi connectivity index (χ0) is 35.7. The van der Waals surface area contributed by atoms with E-state index in [-0.39, 0.29) is 90.7 Å². The van der Waals surface area contributed by atoms with Crippen molar-refractivity contribution in [1.29, 1.82) is 0 Å². The number of hydrogen-bond acceptors (Lipinski definition) is 10. The standard InChI is InChI=1S/C33H59N5O10/c1-2-11-27(39)12-9-7-5-3-4-6-8-10-15-34-29(40)14-13-28(33(47)48)38-22-20-36(25-31(43)44)18-16-35(24-30(41)42)17-19-37(21-23-38)26-32(45)46/h28H,2-26H2,1H3,(H,34,40)(H,41,42)(H,43,44)(H,45,46)(H,47,48). The molecule has 15 nitrogen and oxygen atoms in total. The number of rotatable bonds is 24. The van der Waals surface area contributed by atoms with Crippen molar-refractivity contribution in [1.82, 2.24) is 24.9 Å². The number of aliphatic carboxylic acids is 4. The van der Waals surface area contributed by atoms with Gasteiger partial charge in [0, 0.05) is 78.2 Å². The molecular weight excluding hydrogens is 626 g/mol. The molecule has 0 radical (unpaired) electrons. The highest BCUT2D eigenvalue weighted by molar-refractivity contribution is 5.78. The average Bonchev–Trinajstić information content (AvgIpc) is 3.00. The summed E-state index contributed by atoms with van der Waals surface area (Å²) in [5, 5.41) is 41.1. The largest absolute Gasteiger partial charge is 0.480 e. The van der Waals surface area contributed by atoms with Gasteiger partial charge in [-0.15, -0.1) is 0 Å². The monoisotopic (exact) mass is 685 g/mol. The number of nitrogens with zero attached hydrogens (tertiary/aromatic N) is 4. The van der Waals surface area contributed by atoms with Gasteiger partial charge >= 0.3 is 23.9 Å². The SMILES string of the molecule is CCCC(=O)CCCCCCCCCCNC(=O)CCC(C(=O)O)N1CCN(CC(=O)O)CCN(CC(=O)O)CCN(CC(=O)O)CC1. The molecule has 1 rings (SSSR count). The molecule has 1 fully saturated rings. The fourth-order valence-electron chi connectivity index (χ4n) is 5.87. The van der Waals surface area contributed by atoms with E-state index < -0.39 is 29.9 Å². The molecule has 0 aromatic heterocycles. The highest BCUT2D eigenvalue weighted by Crippen LogP contribution is 2.12. The number of ketones is 1. The minimum absolute atomic E-state index is 0.00391. The maximum atomic E-state index is 12.6. The Morgan fingerprint density at radius 2 is 0.979 bits per heavy atom. The van der Waals surface area contributed by atoms with E-state index in [2.05, 4.69) is 5.32 Å². The molecule has 1 atom stereocenters. The minimum atomic E-state index is -1.12. The Bertz CT molecular complexity index is 966. The zero-order valence-electron chi connectivity index (χ0n) is 28.8. The fraction of sp³-hybridized carbons (Fsp3) is 0.818. The summed E-state index contributed by atoms with van der Waals surface area (Å²) in [6.45, 7) is 3.31. The van der Waals surface area contributed by atoms with Crippen LogP contribution in [0.5, 0.6) is 0 Å². The van der Waals surface area contributed by atoms with E-state index in [4.69, 9.17) is 0 Å². The highest BCUT2D eigenvalue weighted by atomic mass is 16.4. The maximum Gasteiger partial charge on any atom is 0.320 e. The predicted molar refractivity (Wildman–Crippen MR) is 179 cm³/mol. The second-order valence-corrected chi connectivity index (χ2v) is 12.7. The van der Waals surface area contributed by atoms with E-state index >= 15 is 0 Å². The first-order chi connectivity index (χ1) is 22.9. The molecule has 1 heterocycles. The van der Waals surface area contributed by atoms with Crippen LogP contribution in [0.2, 0.25) is 0 Å². The number of carboxylic acid groups (broad SMARTS) is 4. The summed E-state index contributed by atoms with van der Waals surface area (Å²) in [7, 11) is 0. The summed E-state index contributed by atoms with van der Waals surface area (Å²) in [4.78, 5) is 77.5. The third-order valence-electron chi connectivity index (χ3n) is 8.55. The van der Waals surface area contributed by atoms with Crippen LogP contribution in [0.1, 0.15) is 90.4 Å². The Kier molecular flexibility index (Phi) is 23.1. The topological polar surface area (TPSA) is 208 Å². The van der Waals surface area contributed by atoms with Gasteiger partial charge in [0.25, 0.3) is 0 Å². The predicted octanol–water partition coefficient (Wildman–Crippen LogP) is 1.69. The molecule has 1 aliphatic rings. The van der Waals surface area contributed by atoms with Crippen LogP contribution in [0.4, 0.5) is 0 Å². The molecule has 0 aliphatic carbocycles. The first-order valence-electron chi connectivity index (χ1n) is 17.5. The van der Waals surface area contributed by atoms with E-state index in [0.29, 0.717) is 25.2 Å². The molecule has 0 aromatic rings. The molecule has 48 heavy (non-hydrogen) atoms. The quantitative estimate of drug-likeness (QED) is 0.0917. The molecule has 276 valence electrons. The van der Waals surface area contributed by atoms with E-state index in [1.807, 2.05) is 6.92 Å². The first kappa shape index (κ1) is 42.9. The molecule has 0 bridgehead atoms. The fourth-order valence-corrected chi connectivity index (χ4v) is 5.87. The van der Waals surface area contributed by atoms with Gasteiger partial charge in [-0.1, -0.05) is 45.4 Å². The number of carbonyl (C=O) groups excluding carboxylic acids is 2. The highest BCUT2D eigenvalue weighted by Gasteiger charge is 2.28. The summed E-state index contributed by atoms with van der Waals surface area (Å²) in [6, 6.07) is -1.04. The Labute approximate surface area is 284 Å². The Morgan fingerprint density at radius 1 is 0.562 bits per heavy atom. The van der Waals surface area contributed by atoms with E-state index in [0.717, 1.165) is 57.8 Å². The molecule has 0 aromatic carbocycles. The van der Waals surface area contributed by atoms with Crippen LogP contribution in [-0.2, 0) is 28.8 Å². The van der Waals surface area contributed by atoms with Gasteiger partial charge in [0.2, 0.25) is 5.91 Å². The minimum Gasteiger partial charge on any atom is -0.480 e. The van der Waals surface area contributed by atoms with Crippen LogP contribution < -0.4 is 5.32 Å². The molecule has 1 unspecified atom stereocenters. The van der Waals surface area contributed by atoms with E-state index in [9.17, 15) is 49.2 Å². The number of amides is 1. The van der Waals surface area contributed by atoms with Crippen LogP contribution >= 0.6 is 0 Å². The molecule has 1 amide bonds. The van der Waals surface area contributed by atoms with Crippen molar-refractivity contribution in [2.45, 2.75) is 96.4 Å². The lowest BCUT2D eigenvalue weighted by Gasteiger charge is -2.35.